The molecule has 170 valence electrons. The second kappa shape index (κ2) is 9.34. The number of thioether (sulfide) groups is 2. The van der Waals surface area contributed by atoms with Crippen molar-refractivity contribution < 1.29 is 4.79 Å². The van der Waals surface area contributed by atoms with Crippen molar-refractivity contribution in [2.24, 2.45) is 0 Å². The smallest absolute Gasteiger partial charge is 0.198 e. The number of fused-ring (bicyclic) bond motifs is 5. The maximum absolute atomic E-state index is 12.8. The van der Waals surface area contributed by atoms with Gasteiger partial charge >= 0.3 is 0 Å². The fourth-order valence-corrected chi connectivity index (χ4v) is 7.47. The molecule has 0 amide bonds. The molecule has 1 aliphatic rings. The van der Waals surface area contributed by atoms with Crippen LogP contribution in [0.15, 0.2) is 64.9 Å². The van der Waals surface area contributed by atoms with Crippen molar-refractivity contribution in [1.29, 1.82) is 0 Å². The molecule has 34 heavy (non-hydrogen) atoms. The van der Waals surface area contributed by atoms with Gasteiger partial charge < -0.3 is 0 Å². The molecule has 0 radical (unpaired) electrons. The summed E-state index contributed by atoms with van der Waals surface area (Å²) in [5.41, 5.74) is 4.09. The minimum atomic E-state index is 0.0300. The molecule has 6 rings (SSSR count). The minimum absolute atomic E-state index is 0.0300. The predicted octanol–water partition coefficient (Wildman–Crippen LogP) is 6.75. The normalized spacial score (nSPS) is 13.1. The van der Waals surface area contributed by atoms with E-state index in [0.717, 1.165) is 39.6 Å². The number of aryl methyl sites for hydroxylation is 2. The molecule has 5 aromatic rings. The number of halogens is 1. The Morgan fingerprint density at radius 1 is 1.00 bits per heavy atom. The Kier molecular flexibility index (Phi) is 6.07. The standard InChI is InChI=1S/C25H19ClN4OS3/c26-17-11-9-16(10-12-17)19(31)14-33-25-29-28-22-21-18-7-4-8-20(18)34-23(21)27-24(30(22)25)32-13-15-5-2-1-3-6-15/h1-3,5-6,9-12H,4,7-8,13-14H2. The lowest BCUT2D eigenvalue weighted by Gasteiger charge is -2.08. The third-order valence-corrected chi connectivity index (χ3v) is 9.23. The van der Waals surface area contributed by atoms with Crippen molar-refractivity contribution in [3.63, 3.8) is 0 Å². The first-order valence-corrected chi connectivity index (χ1v) is 14.1. The predicted molar refractivity (Wildman–Crippen MR) is 141 cm³/mol. The average Bonchev–Trinajstić information content (AvgIpc) is 3.56. The molecule has 5 nitrogen and oxygen atoms in total. The van der Waals surface area contributed by atoms with Crippen molar-refractivity contribution >= 4 is 68.1 Å². The Morgan fingerprint density at radius 2 is 1.82 bits per heavy atom. The summed E-state index contributed by atoms with van der Waals surface area (Å²) < 4.78 is 2.04. The number of ketones is 1. The number of carbonyl (C=O) groups is 1. The summed E-state index contributed by atoms with van der Waals surface area (Å²) >= 11 is 10.8. The summed E-state index contributed by atoms with van der Waals surface area (Å²) in [6.07, 6.45) is 3.35. The topological polar surface area (TPSA) is 60.2 Å². The minimum Gasteiger partial charge on any atom is -0.293 e. The second-order valence-corrected chi connectivity index (χ2v) is 11.5. The SMILES string of the molecule is O=C(CSc1nnc2c3c4c(sc3nc(SCc3ccccc3)n12)CCC4)c1ccc(Cl)cc1. The molecule has 0 fully saturated rings. The van der Waals surface area contributed by atoms with Gasteiger partial charge in [-0.05, 0) is 54.7 Å². The van der Waals surface area contributed by atoms with Crippen LogP contribution in [-0.4, -0.2) is 31.1 Å². The number of carbonyl (C=O) groups excluding carboxylic acids is 1. The first kappa shape index (κ1) is 22.1. The van der Waals surface area contributed by atoms with Gasteiger partial charge in [-0.2, -0.15) is 0 Å². The van der Waals surface area contributed by atoms with E-state index in [1.54, 1.807) is 47.4 Å². The van der Waals surface area contributed by atoms with E-state index in [9.17, 15) is 4.79 Å². The maximum atomic E-state index is 12.8. The van der Waals surface area contributed by atoms with Crippen LogP contribution in [0.1, 0.15) is 32.8 Å². The van der Waals surface area contributed by atoms with Crippen LogP contribution in [0.5, 0.6) is 0 Å². The van der Waals surface area contributed by atoms with E-state index in [1.165, 1.54) is 34.2 Å². The van der Waals surface area contributed by atoms with Crippen LogP contribution in [0.3, 0.4) is 0 Å². The summed E-state index contributed by atoms with van der Waals surface area (Å²) in [4.78, 5) is 20.3. The highest BCUT2D eigenvalue weighted by Gasteiger charge is 2.25. The molecule has 3 aromatic heterocycles. The largest absolute Gasteiger partial charge is 0.293 e. The molecular formula is C25H19ClN4OS3. The quantitative estimate of drug-likeness (QED) is 0.134. The first-order chi connectivity index (χ1) is 16.7. The Labute approximate surface area is 214 Å². The van der Waals surface area contributed by atoms with E-state index < -0.39 is 0 Å². The van der Waals surface area contributed by atoms with Crippen LogP contribution in [0.4, 0.5) is 0 Å². The Hall–Kier alpha value is -2.39. The highest BCUT2D eigenvalue weighted by molar-refractivity contribution is 8.00. The van der Waals surface area contributed by atoms with Crippen LogP contribution < -0.4 is 0 Å². The first-order valence-electron chi connectivity index (χ1n) is 10.9. The number of aromatic nitrogens is 4. The molecule has 0 atom stereocenters. The molecule has 0 unspecified atom stereocenters. The van der Waals surface area contributed by atoms with Gasteiger partial charge in [0.2, 0.25) is 0 Å². The van der Waals surface area contributed by atoms with Crippen molar-refractivity contribution in [2.75, 3.05) is 5.75 Å². The summed E-state index contributed by atoms with van der Waals surface area (Å²) in [7, 11) is 0. The lowest BCUT2D eigenvalue weighted by Crippen LogP contribution is -2.04. The van der Waals surface area contributed by atoms with Crippen molar-refractivity contribution in [1.82, 2.24) is 19.6 Å². The Bertz CT molecular complexity index is 1510. The zero-order chi connectivity index (χ0) is 23.1. The van der Waals surface area contributed by atoms with Gasteiger partial charge in [-0.25, -0.2) is 9.38 Å². The number of benzene rings is 2. The number of Topliss-reactive ketones (excluding diaryl/α,β-unsaturated/α-hetero) is 1. The van der Waals surface area contributed by atoms with Gasteiger partial charge in [0.1, 0.15) is 4.83 Å². The molecule has 9 heteroatoms. The Morgan fingerprint density at radius 3 is 2.65 bits per heavy atom. The van der Waals surface area contributed by atoms with Gasteiger partial charge in [-0.3, -0.25) is 4.79 Å². The number of rotatable bonds is 7. The zero-order valence-corrected chi connectivity index (χ0v) is 21.2. The van der Waals surface area contributed by atoms with E-state index in [1.807, 2.05) is 22.6 Å². The van der Waals surface area contributed by atoms with E-state index in [0.29, 0.717) is 15.7 Å². The van der Waals surface area contributed by atoms with Gasteiger partial charge in [-0.15, -0.1) is 21.5 Å². The van der Waals surface area contributed by atoms with Crippen LogP contribution in [0.25, 0.3) is 15.9 Å². The third kappa shape index (κ3) is 4.13. The van der Waals surface area contributed by atoms with E-state index in [4.69, 9.17) is 16.6 Å². The lowest BCUT2D eigenvalue weighted by atomic mass is 10.1. The highest BCUT2D eigenvalue weighted by Crippen LogP contribution is 2.40. The molecule has 0 aliphatic heterocycles. The van der Waals surface area contributed by atoms with Gasteiger partial charge in [-0.1, -0.05) is 65.5 Å². The van der Waals surface area contributed by atoms with Crippen molar-refractivity contribution in [2.45, 2.75) is 35.3 Å². The maximum Gasteiger partial charge on any atom is 0.198 e. The molecule has 0 spiro atoms. The summed E-state index contributed by atoms with van der Waals surface area (Å²) in [6, 6.07) is 17.4. The molecule has 0 saturated carbocycles. The van der Waals surface area contributed by atoms with E-state index in [-0.39, 0.29) is 11.5 Å². The number of hydrogen-bond donors (Lipinski definition) is 0. The molecule has 0 bridgehead atoms. The van der Waals surface area contributed by atoms with Gasteiger partial charge in [0.25, 0.3) is 0 Å². The summed E-state index contributed by atoms with van der Waals surface area (Å²) in [5.74, 6) is 1.10. The molecule has 3 heterocycles. The van der Waals surface area contributed by atoms with Gasteiger partial charge in [0, 0.05) is 21.2 Å². The number of hydrogen-bond acceptors (Lipinski definition) is 7. The third-order valence-electron chi connectivity index (χ3n) is 5.86. The monoisotopic (exact) mass is 522 g/mol. The van der Waals surface area contributed by atoms with Crippen LogP contribution in [-0.2, 0) is 18.6 Å². The van der Waals surface area contributed by atoms with E-state index in [2.05, 4.69) is 22.3 Å². The molecule has 0 saturated heterocycles. The van der Waals surface area contributed by atoms with Crippen molar-refractivity contribution in [3.8, 4) is 0 Å². The molecule has 0 N–H and O–H groups in total. The second-order valence-electron chi connectivity index (χ2n) is 8.07. The molecule has 1 aliphatic carbocycles. The fraction of sp³-hybridized carbons (Fsp3) is 0.200. The van der Waals surface area contributed by atoms with Gasteiger partial charge in [0.05, 0.1) is 11.1 Å². The molecular weight excluding hydrogens is 504 g/mol. The fourth-order valence-electron chi connectivity index (χ4n) is 4.20. The van der Waals surface area contributed by atoms with E-state index >= 15 is 0 Å². The van der Waals surface area contributed by atoms with Crippen LogP contribution >= 0.6 is 46.5 Å². The number of nitrogens with zero attached hydrogens (tertiary/aromatic N) is 4. The summed E-state index contributed by atoms with van der Waals surface area (Å²) in [6.45, 7) is 0. The van der Waals surface area contributed by atoms with Crippen molar-refractivity contribution in [3.05, 3.63) is 81.2 Å². The average molecular weight is 523 g/mol. The zero-order valence-electron chi connectivity index (χ0n) is 18.0. The molecule has 2 aromatic carbocycles. The Balaban J connectivity index is 1.37. The van der Waals surface area contributed by atoms with Gasteiger partial charge in [0.15, 0.2) is 21.7 Å². The van der Waals surface area contributed by atoms with Crippen LogP contribution in [0, 0.1) is 0 Å². The summed E-state index contributed by atoms with van der Waals surface area (Å²) in [5, 5.41) is 12.4. The van der Waals surface area contributed by atoms with Crippen LogP contribution in [0.2, 0.25) is 5.02 Å². The highest BCUT2D eigenvalue weighted by atomic mass is 35.5. The number of thiophene rings is 1. The lowest BCUT2D eigenvalue weighted by molar-refractivity contribution is 0.102.